The Morgan fingerprint density at radius 1 is 1.29 bits per heavy atom. The van der Waals surface area contributed by atoms with Gasteiger partial charge in [0.25, 0.3) is 0 Å². The van der Waals surface area contributed by atoms with E-state index in [0.29, 0.717) is 0 Å². The number of aromatic nitrogens is 1. The fourth-order valence-electron chi connectivity index (χ4n) is 1.40. The smallest absolute Gasteiger partial charge is 0.118 e. The normalized spacial score (nSPS) is 10.5. The molecule has 2 rings (SSSR count). The van der Waals surface area contributed by atoms with Gasteiger partial charge in [-0.05, 0) is 24.1 Å². The van der Waals surface area contributed by atoms with Crippen LogP contribution in [0.2, 0.25) is 0 Å². The molecule has 0 aliphatic rings. The van der Waals surface area contributed by atoms with E-state index in [-0.39, 0.29) is 0 Å². The molecule has 0 bridgehead atoms. The molecular formula is C13H15NOS2. The number of nitrogens with zero attached hydrogens (tertiary/aromatic N) is 1. The molecule has 1 aromatic heterocycles. The van der Waals surface area contributed by atoms with E-state index in [9.17, 15) is 0 Å². The Balaban J connectivity index is 1.92. The summed E-state index contributed by atoms with van der Waals surface area (Å²) >= 11 is 3.63. The first-order valence-corrected chi connectivity index (χ1v) is 7.32. The lowest BCUT2D eigenvalue weighted by Crippen LogP contribution is -1.83. The van der Waals surface area contributed by atoms with Crippen molar-refractivity contribution in [2.75, 3.05) is 7.11 Å². The third kappa shape index (κ3) is 3.48. The van der Waals surface area contributed by atoms with E-state index in [1.165, 1.54) is 14.8 Å². The Labute approximate surface area is 110 Å². The third-order valence-electron chi connectivity index (χ3n) is 2.37. The summed E-state index contributed by atoms with van der Waals surface area (Å²) in [6.07, 6.45) is 2.99. The van der Waals surface area contributed by atoms with Gasteiger partial charge in [-0.1, -0.05) is 19.1 Å². The van der Waals surface area contributed by atoms with Crippen LogP contribution in [0.25, 0.3) is 0 Å². The molecule has 0 amide bonds. The molecule has 0 N–H and O–H groups in total. The van der Waals surface area contributed by atoms with Crippen LogP contribution < -0.4 is 4.74 Å². The molecule has 2 aromatic rings. The van der Waals surface area contributed by atoms with Gasteiger partial charge < -0.3 is 4.74 Å². The zero-order valence-electron chi connectivity index (χ0n) is 9.97. The van der Waals surface area contributed by atoms with Crippen LogP contribution in [0.4, 0.5) is 0 Å². The van der Waals surface area contributed by atoms with Gasteiger partial charge in [-0.3, -0.25) is 0 Å². The maximum atomic E-state index is 5.14. The van der Waals surface area contributed by atoms with E-state index in [1.807, 2.05) is 30.1 Å². The molecule has 4 heteroatoms. The molecule has 1 aromatic carbocycles. The maximum Gasteiger partial charge on any atom is 0.118 e. The van der Waals surface area contributed by atoms with Gasteiger partial charge in [-0.15, -0.1) is 23.1 Å². The fourth-order valence-corrected chi connectivity index (χ4v) is 3.32. The van der Waals surface area contributed by atoms with Crippen molar-refractivity contribution in [3.8, 4) is 5.75 Å². The number of benzene rings is 1. The molecule has 0 saturated heterocycles. The summed E-state index contributed by atoms with van der Waals surface area (Å²) in [7, 11) is 1.69. The van der Waals surface area contributed by atoms with Crippen LogP contribution in [0.1, 0.15) is 17.5 Å². The van der Waals surface area contributed by atoms with Crippen molar-refractivity contribution in [1.82, 2.24) is 4.98 Å². The number of thioether (sulfide) groups is 1. The SMILES string of the molecule is CCc1ncc(SCc2ccc(OC)cc2)s1. The average Bonchev–Trinajstić information content (AvgIpc) is 2.85. The molecule has 0 aliphatic carbocycles. The number of thiazole rings is 1. The quantitative estimate of drug-likeness (QED) is 0.763. The van der Waals surface area contributed by atoms with Crippen LogP contribution in [-0.4, -0.2) is 12.1 Å². The Morgan fingerprint density at radius 2 is 2.06 bits per heavy atom. The van der Waals surface area contributed by atoms with Crippen LogP contribution in [0.3, 0.4) is 0 Å². The van der Waals surface area contributed by atoms with Gasteiger partial charge in [-0.25, -0.2) is 4.98 Å². The van der Waals surface area contributed by atoms with Gasteiger partial charge >= 0.3 is 0 Å². The first-order chi connectivity index (χ1) is 8.31. The maximum absolute atomic E-state index is 5.14. The van der Waals surface area contributed by atoms with Gasteiger partial charge in [0.2, 0.25) is 0 Å². The second kappa shape index (κ2) is 6.07. The van der Waals surface area contributed by atoms with Crippen LogP contribution >= 0.6 is 23.1 Å². The first kappa shape index (κ1) is 12.5. The van der Waals surface area contributed by atoms with E-state index in [1.54, 1.807) is 18.4 Å². The van der Waals surface area contributed by atoms with Crippen molar-refractivity contribution in [2.24, 2.45) is 0 Å². The minimum atomic E-state index is 0.907. The number of hydrogen-bond acceptors (Lipinski definition) is 4. The van der Waals surface area contributed by atoms with Crippen molar-refractivity contribution >= 4 is 23.1 Å². The lowest BCUT2D eigenvalue weighted by Gasteiger charge is -2.02. The van der Waals surface area contributed by atoms with Crippen molar-refractivity contribution in [3.63, 3.8) is 0 Å². The highest BCUT2D eigenvalue weighted by Crippen LogP contribution is 2.28. The average molecular weight is 265 g/mol. The molecule has 2 nitrogen and oxygen atoms in total. The van der Waals surface area contributed by atoms with E-state index >= 15 is 0 Å². The molecule has 0 atom stereocenters. The molecule has 0 fully saturated rings. The summed E-state index contributed by atoms with van der Waals surface area (Å²) in [6.45, 7) is 2.14. The number of ether oxygens (including phenoxy) is 1. The van der Waals surface area contributed by atoms with Crippen LogP contribution in [0.5, 0.6) is 5.75 Å². The Morgan fingerprint density at radius 3 is 2.65 bits per heavy atom. The molecule has 0 saturated carbocycles. The zero-order chi connectivity index (χ0) is 12.1. The summed E-state index contributed by atoms with van der Waals surface area (Å²) < 4.78 is 6.42. The predicted octanol–water partition coefficient (Wildman–Crippen LogP) is 4.01. The number of aryl methyl sites for hydroxylation is 1. The van der Waals surface area contributed by atoms with Crippen molar-refractivity contribution in [3.05, 3.63) is 41.0 Å². The van der Waals surface area contributed by atoms with Crippen molar-refractivity contribution < 1.29 is 4.74 Å². The van der Waals surface area contributed by atoms with Gasteiger partial charge in [0.15, 0.2) is 0 Å². The molecular weight excluding hydrogens is 250 g/mol. The highest BCUT2D eigenvalue weighted by Gasteiger charge is 2.01. The number of methoxy groups -OCH3 is 1. The number of hydrogen-bond donors (Lipinski definition) is 0. The fraction of sp³-hybridized carbons (Fsp3) is 0.308. The lowest BCUT2D eigenvalue weighted by atomic mass is 10.2. The first-order valence-electron chi connectivity index (χ1n) is 5.52. The highest BCUT2D eigenvalue weighted by molar-refractivity contribution is 8.00. The largest absolute Gasteiger partial charge is 0.497 e. The van der Waals surface area contributed by atoms with Crippen LogP contribution in [0, 0.1) is 0 Å². The molecule has 17 heavy (non-hydrogen) atoms. The number of rotatable bonds is 5. The monoisotopic (exact) mass is 265 g/mol. The summed E-state index contributed by atoms with van der Waals surface area (Å²) in [5, 5.41) is 1.21. The standard InChI is InChI=1S/C13H15NOS2/c1-3-12-14-8-13(17-12)16-9-10-4-6-11(15-2)7-5-10/h4-8H,3,9H2,1-2H3. The molecule has 0 spiro atoms. The topological polar surface area (TPSA) is 22.1 Å². The van der Waals surface area contributed by atoms with E-state index in [0.717, 1.165) is 17.9 Å². The summed E-state index contributed by atoms with van der Waals surface area (Å²) in [5.41, 5.74) is 1.31. The molecule has 1 heterocycles. The molecule has 0 radical (unpaired) electrons. The second-order valence-electron chi connectivity index (χ2n) is 3.56. The minimum absolute atomic E-state index is 0.907. The van der Waals surface area contributed by atoms with E-state index < -0.39 is 0 Å². The summed E-state index contributed by atoms with van der Waals surface area (Å²) in [6, 6.07) is 8.21. The molecule has 0 unspecified atom stereocenters. The Kier molecular flexibility index (Phi) is 4.45. The minimum Gasteiger partial charge on any atom is -0.497 e. The van der Waals surface area contributed by atoms with Gasteiger partial charge in [0, 0.05) is 5.75 Å². The van der Waals surface area contributed by atoms with Gasteiger partial charge in [0.1, 0.15) is 5.75 Å². The van der Waals surface area contributed by atoms with Gasteiger partial charge in [-0.2, -0.15) is 0 Å². The summed E-state index contributed by atoms with van der Waals surface area (Å²) in [4.78, 5) is 4.35. The Bertz CT molecular complexity index is 465. The van der Waals surface area contributed by atoms with Crippen LogP contribution in [-0.2, 0) is 12.2 Å². The lowest BCUT2D eigenvalue weighted by molar-refractivity contribution is 0.414. The predicted molar refractivity (Wildman–Crippen MR) is 74.0 cm³/mol. The van der Waals surface area contributed by atoms with Crippen molar-refractivity contribution in [1.29, 1.82) is 0 Å². The highest BCUT2D eigenvalue weighted by atomic mass is 32.2. The second-order valence-corrected chi connectivity index (χ2v) is 5.95. The Hall–Kier alpha value is -1.00. The van der Waals surface area contributed by atoms with E-state index in [2.05, 4.69) is 24.0 Å². The van der Waals surface area contributed by atoms with E-state index in [4.69, 9.17) is 4.74 Å². The van der Waals surface area contributed by atoms with Crippen molar-refractivity contribution in [2.45, 2.75) is 23.3 Å². The third-order valence-corrected chi connectivity index (χ3v) is 4.78. The van der Waals surface area contributed by atoms with Crippen LogP contribution in [0.15, 0.2) is 34.7 Å². The summed E-state index contributed by atoms with van der Waals surface area (Å²) in [5.74, 6) is 1.89. The zero-order valence-corrected chi connectivity index (χ0v) is 11.6. The van der Waals surface area contributed by atoms with Gasteiger partial charge in [0.05, 0.1) is 22.5 Å². The molecule has 90 valence electrons. The molecule has 0 aliphatic heterocycles.